The molecule has 0 aliphatic heterocycles. The molecule has 72 valence electrons. The Balaban J connectivity index is 3.38. The Bertz CT molecular complexity index is 416. The van der Waals surface area contributed by atoms with Crippen LogP contribution >= 0.6 is 15.9 Å². The van der Waals surface area contributed by atoms with Crippen LogP contribution in [0.15, 0.2) is 27.6 Å². The van der Waals surface area contributed by atoms with E-state index in [1.807, 2.05) is 0 Å². The summed E-state index contributed by atoms with van der Waals surface area (Å²) >= 11 is 2.98. The highest BCUT2D eigenvalue weighted by atomic mass is 79.9. The van der Waals surface area contributed by atoms with Gasteiger partial charge < -0.3 is 0 Å². The van der Waals surface area contributed by atoms with Gasteiger partial charge in [-0.05, 0) is 34.1 Å². The molecule has 1 aromatic carbocycles. The molecule has 0 aromatic heterocycles. The summed E-state index contributed by atoms with van der Waals surface area (Å²) < 4.78 is 39.5. The molecule has 3 nitrogen and oxygen atoms in total. The van der Waals surface area contributed by atoms with E-state index in [4.69, 9.17) is 0 Å². The van der Waals surface area contributed by atoms with Gasteiger partial charge in [-0.2, -0.15) is 8.42 Å². The Kier molecular flexibility index (Phi) is 3.05. The number of hydrogen-bond acceptors (Lipinski definition) is 3. The molecule has 0 atom stereocenters. The van der Waals surface area contributed by atoms with Crippen LogP contribution in [0.5, 0.6) is 0 Å². The Morgan fingerprint density at radius 2 is 2.08 bits per heavy atom. The van der Waals surface area contributed by atoms with Crippen molar-refractivity contribution in [3.05, 3.63) is 28.5 Å². The van der Waals surface area contributed by atoms with Crippen LogP contribution in [0.1, 0.15) is 0 Å². The minimum Gasteiger partial charge on any atom is -0.270 e. The third-order valence-electron chi connectivity index (χ3n) is 1.38. The van der Waals surface area contributed by atoms with Crippen molar-refractivity contribution in [1.29, 1.82) is 0 Å². The summed E-state index contributed by atoms with van der Waals surface area (Å²) in [4.78, 5) is -0.213. The van der Waals surface area contributed by atoms with E-state index in [1.165, 1.54) is 6.07 Å². The molecule has 0 N–H and O–H groups in total. The Labute approximate surface area is 83.8 Å². The van der Waals surface area contributed by atoms with Gasteiger partial charge in [-0.25, -0.2) is 4.39 Å². The molecule has 13 heavy (non-hydrogen) atoms. The highest BCUT2D eigenvalue weighted by Crippen LogP contribution is 2.23. The predicted molar refractivity (Wildman–Crippen MR) is 48.3 cm³/mol. The van der Waals surface area contributed by atoms with E-state index in [2.05, 4.69) is 20.1 Å². The second kappa shape index (κ2) is 3.73. The van der Waals surface area contributed by atoms with Crippen molar-refractivity contribution >= 4 is 26.0 Å². The lowest BCUT2D eigenvalue weighted by molar-refractivity contribution is 0.397. The lowest BCUT2D eigenvalue weighted by Crippen LogP contribution is -2.04. The second-order valence-corrected chi connectivity index (χ2v) is 4.73. The highest BCUT2D eigenvalue weighted by molar-refractivity contribution is 9.10. The van der Waals surface area contributed by atoms with E-state index in [0.29, 0.717) is 0 Å². The Hall–Kier alpha value is -0.460. The summed E-state index contributed by atoms with van der Waals surface area (Å²) in [6, 6.07) is 3.35. The third kappa shape index (κ3) is 2.26. The molecule has 0 fully saturated rings. The van der Waals surface area contributed by atoms with E-state index < -0.39 is 15.9 Å². The maximum absolute atomic E-state index is 12.7. The van der Waals surface area contributed by atoms with Crippen LogP contribution in [0.3, 0.4) is 0 Å². The van der Waals surface area contributed by atoms with Crippen molar-refractivity contribution in [1.82, 2.24) is 0 Å². The largest absolute Gasteiger partial charge is 0.297 e. The van der Waals surface area contributed by atoms with Gasteiger partial charge in [-0.1, -0.05) is 0 Å². The maximum atomic E-state index is 12.7. The smallest absolute Gasteiger partial charge is 0.270 e. The summed E-state index contributed by atoms with van der Waals surface area (Å²) in [6.45, 7) is 0. The van der Waals surface area contributed by atoms with Crippen molar-refractivity contribution in [2.75, 3.05) is 7.11 Å². The molecular formula is C7H6BrFO3S. The molecule has 0 saturated carbocycles. The fourth-order valence-electron chi connectivity index (χ4n) is 0.759. The fourth-order valence-corrected chi connectivity index (χ4v) is 2.34. The van der Waals surface area contributed by atoms with Crippen molar-refractivity contribution in [3.63, 3.8) is 0 Å². The van der Waals surface area contributed by atoms with Crippen LogP contribution in [-0.4, -0.2) is 15.5 Å². The molecule has 0 amide bonds. The number of halogens is 2. The summed E-state index contributed by atoms with van der Waals surface area (Å²) in [5, 5.41) is 0. The molecule has 0 bridgehead atoms. The minimum absolute atomic E-state index is 0.213. The van der Waals surface area contributed by atoms with Crippen LogP contribution in [0, 0.1) is 5.82 Å². The molecule has 0 radical (unpaired) electrons. The molecule has 1 rings (SSSR count). The lowest BCUT2D eigenvalue weighted by atomic mass is 10.3. The zero-order valence-electron chi connectivity index (χ0n) is 6.62. The van der Waals surface area contributed by atoms with E-state index >= 15 is 0 Å². The van der Waals surface area contributed by atoms with Gasteiger partial charge in [0, 0.05) is 4.47 Å². The summed E-state index contributed by atoms with van der Waals surface area (Å²) in [5.74, 6) is -0.626. The Morgan fingerprint density at radius 1 is 1.46 bits per heavy atom. The first-order valence-corrected chi connectivity index (χ1v) is 5.43. The normalized spacial score (nSPS) is 11.6. The molecule has 0 unspecified atom stereocenters. The number of rotatable bonds is 2. The van der Waals surface area contributed by atoms with Gasteiger partial charge in [0.2, 0.25) is 0 Å². The molecule has 0 saturated heterocycles. The standard InChI is InChI=1S/C7H6BrFO3S/c1-12-13(10,11)7-4-5(9)2-3-6(7)8/h2-4H,1H3. The van der Waals surface area contributed by atoms with E-state index in [1.54, 1.807) is 0 Å². The van der Waals surface area contributed by atoms with Crippen molar-refractivity contribution in [3.8, 4) is 0 Å². The van der Waals surface area contributed by atoms with E-state index in [9.17, 15) is 12.8 Å². The minimum atomic E-state index is -3.84. The van der Waals surface area contributed by atoms with Crippen LogP contribution < -0.4 is 0 Å². The third-order valence-corrected chi connectivity index (χ3v) is 3.65. The van der Waals surface area contributed by atoms with Crippen molar-refractivity contribution < 1.29 is 17.0 Å². The van der Waals surface area contributed by atoms with Crippen LogP contribution in [0.4, 0.5) is 4.39 Å². The molecule has 0 heterocycles. The molecule has 6 heteroatoms. The Morgan fingerprint density at radius 3 is 2.62 bits per heavy atom. The number of hydrogen-bond donors (Lipinski definition) is 0. The highest BCUT2D eigenvalue weighted by Gasteiger charge is 2.17. The van der Waals surface area contributed by atoms with E-state index in [-0.39, 0.29) is 9.37 Å². The quantitative estimate of drug-likeness (QED) is 0.770. The van der Waals surface area contributed by atoms with Crippen molar-refractivity contribution in [2.24, 2.45) is 0 Å². The first kappa shape index (κ1) is 10.6. The molecule has 0 spiro atoms. The summed E-state index contributed by atoms with van der Waals surface area (Å²) in [7, 11) is -2.82. The topological polar surface area (TPSA) is 43.4 Å². The zero-order valence-corrected chi connectivity index (χ0v) is 9.02. The lowest BCUT2D eigenvalue weighted by Gasteiger charge is -2.03. The summed E-state index contributed by atoms with van der Waals surface area (Å²) in [6.07, 6.45) is 0. The zero-order chi connectivity index (χ0) is 10.1. The van der Waals surface area contributed by atoms with E-state index in [0.717, 1.165) is 19.2 Å². The SMILES string of the molecule is COS(=O)(=O)c1cc(F)ccc1Br. The van der Waals surface area contributed by atoms with Gasteiger partial charge in [-0.3, -0.25) is 4.18 Å². The first-order valence-electron chi connectivity index (χ1n) is 3.23. The van der Waals surface area contributed by atoms with Gasteiger partial charge in [0.25, 0.3) is 10.1 Å². The van der Waals surface area contributed by atoms with Crippen LogP contribution in [-0.2, 0) is 14.3 Å². The molecule has 1 aromatic rings. The average molecular weight is 269 g/mol. The molecule has 0 aliphatic carbocycles. The predicted octanol–water partition coefficient (Wildman–Crippen LogP) is 1.92. The van der Waals surface area contributed by atoms with Gasteiger partial charge in [-0.15, -0.1) is 0 Å². The number of benzene rings is 1. The second-order valence-electron chi connectivity index (χ2n) is 2.20. The van der Waals surface area contributed by atoms with Gasteiger partial charge in [0.1, 0.15) is 10.7 Å². The van der Waals surface area contributed by atoms with Crippen molar-refractivity contribution in [2.45, 2.75) is 4.90 Å². The van der Waals surface area contributed by atoms with Crippen LogP contribution in [0.2, 0.25) is 0 Å². The molecular weight excluding hydrogens is 263 g/mol. The van der Waals surface area contributed by atoms with Gasteiger partial charge in [0.15, 0.2) is 0 Å². The first-order chi connectivity index (χ1) is 5.97. The average Bonchev–Trinajstić information content (AvgIpc) is 2.09. The van der Waals surface area contributed by atoms with Gasteiger partial charge >= 0.3 is 0 Å². The van der Waals surface area contributed by atoms with Gasteiger partial charge in [0.05, 0.1) is 7.11 Å². The monoisotopic (exact) mass is 268 g/mol. The van der Waals surface area contributed by atoms with Crippen LogP contribution in [0.25, 0.3) is 0 Å². The molecule has 0 aliphatic rings. The fraction of sp³-hybridized carbons (Fsp3) is 0.143. The summed E-state index contributed by atoms with van der Waals surface area (Å²) in [5.41, 5.74) is 0. The maximum Gasteiger partial charge on any atom is 0.297 e.